The van der Waals surface area contributed by atoms with E-state index in [4.69, 9.17) is 16.7 Å². The molecule has 1 aromatic rings. The number of rotatable bonds is 3. The van der Waals surface area contributed by atoms with Crippen LogP contribution in [-0.4, -0.2) is 26.6 Å². The number of nitrogens with zero attached hydrogens (tertiary/aromatic N) is 3. The van der Waals surface area contributed by atoms with Crippen LogP contribution in [-0.2, 0) is 0 Å². The number of nitroso groups, excluding NO2 is 1. The van der Waals surface area contributed by atoms with E-state index in [1.807, 2.05) is 0 Å². The van der Waals surface area contributed by atoms with Crippen LogP contribution in [0.4, 0.5) is 5.69 Å². The average molecular weight is 215 g/mol. The van der Waals surface area contributed by atoms with E-state index in [1.165, 1.54) is 6.20 Å². The number of hydrogen-bond acceptors (Lipinski definition) is 4. The molecule has 1 heterocycles. The van der Waals surface area contributed by atoms with Crippen LogP contribution >= 0.6 is 11.6 Å². The predicted molar refractivity (Wildman–Crippen MR) is 49.4 cm³/mol. The van der Waals surface area contributed by atoms with Gasteiger partial charge in [0, 0.05) is 10.8 Å². The van der Waals surface area contributed by atoms with Crippen LogP contribution in [0.25, 0.3) is 0 Å². The summed E-state index contributed by atoms with van der Waals surface area (Å²) in [6.07, 6.45) is 3.51. The summed E-state index contributed by atoms with van der Waals surface area (Å²) in [6, 6.07) is 0. The van der Waals surface area contributed by atoms with E-state index in [2.05, 4.69) is 9.97 Å². The van der Waals surface area contributed by atoms with Crippen molar-refractivity contribution in [1.82, 2.24) is 9.97 Å². The summed E-state index contributed by atoms with van der Waals surface area (Å²) in [7, 11) is 0. The zero-order chi connectivity index (χ0) is 10.1. The van der Waals surface area contributed by atoms with Gasteiger partial charge in [-0.3, -0.25) is 0 Å². The molecule has 1 aliphatic rings. The van der Waals surface area contributed by atoms with Crippen molar-refractivity contribution in [2.24, 2.45) is 0 Å². The van der Waals surface area contributed by atoms with Gasteiger partial charge in [0.1, 0.15) is 12.0 Å². The fourth-order valence-corrected chi connectivity index (χ4v) is 1.38. The van der Waals surface area contributed by atoms with Crippen LogP contribution < -0.4 is 0 Å². The standard InChI is InChI=1S/C8H9ClN3O2/c9-7-6(12(14)4-13)3-10-8(11-7)5-1-2-5/h3,5,13H,1-2,4H2/q+1. The van der Waals surface area contributed by atoms with Crippen molar-refractivity contribution in [3.05, 3.63) is 22.1 Å². The zero-order valence-corrected chi connectivity index (χ0v) is 8.11. The number of hydrogen-bond donors (Lipinski definition) is 1. The molecule has 0 radical (unpaired) electrons. The Morgan fingerprint density at radius 2 is 2.36 bits per heavy atom. The molecule has 1 aromatic heterocycles. The van der Waals surface area contributed by atoms with Gasteiger partial charge in [0.15, 0.2) is 0 Å². The third kappa shape index (κ3) is 1.73. The summed E-state index contributed by atoms with van der Waals surface area (Å²) in [6.45, 7) is -0.647. The Kier molecular flexibility index (Phi) is 2.43. The van der Waals surface area contributed by atoms with Crippen LogP contribution in [0.15, 0.2) is 6.20 Å². The van der Waals surface area contributed by atoms with Crippen molar-refractivity contribution in [2.75, 3.05) is 6.73 Å². The van der Waals surface area contributed by atoms with E-state index in [0.717, 1.165) is 12.8 Å². The molecule has 6 heteroatoms. The molecule has 0 atom stereocenters. The summed E-state index contributed by atoms with van der Waals surface area (Å²) in [5.41, 5.74) is 0.110. The van der Waals surface area contributed by atoms with Gasteiger partial charge in [-0.05, 0) is 12.8 Å². The van der Waals surface area contributed by atoms with Crippen molar-refractivity contribution in [3.8, 4) is 0 Å². The van der Waals surface area contributed by atoms with E-state index in [1.54, 1.807) is 0 Å². The summed E-state index contributed by atoms with van der Waals surface area (Å²) >= 11 is 5.77. The average Bonchev–Trinajstić information content (AvgIpc) is 3.00. The third-order valence-corrected chi connectivity index (χ3v) is 2.36. The highest BCUT2D eigenvalue weighted by molar-refractivity contribution is 6.31. The van der Waals surface area contributed by atoms with Crippen LogP contribution in [0.5, 0.6) is 0 Å². The highest BCUT2D eigenvalue weighted by Crippen LogP contribution is 2.38. The van der Waals surface area contributed by atoms with Gasteiger partial charge in [0.2, 0.25) is 5.15 Å². The van der Waals surface area contributed by atoms with Gasteiger partial charge >= 0.3 is 5.69 Å². The molecule has 0 aromatic carbocycles. The maximum Gasteiger partial charge on any atom is 0.314 e. The maximum atomic E-state index is 11.0. The van der Waals surface area contributed by atoms with E-state index < -0.39 is 6.73 Å². The van der Waals surface area contributed by atoms with Gasteiger partial charge in [-0.15, -0.1) is 0 Å². The Labute approximate surface area is 85.3 Å². The summed E-state index contributed by atoms with van der Waals surface area (Å²) in [5, 5.41) is 8.71. The molecule has 14 heavy (non-hydrogen) atoms. The molecule has 1 N–H and O–H groups in total. The summed E-state index contributed by atoms with van der Waals surface area (Å²) < 4.78 is 0.346. The summed E-state index contributed by atoms with van der Waals surface area (Å²) in [4.78, 5) is 19.1. The molecule has 1 fully saturated rings. The first-order chi connectivity index (χ1) is 6.72. The molecule has 0 amide bonds. The number of halogens is 1. The second-order valence-electron chi connectivity index (χ2n) is 3.20. The van der Waals surface area contributed by atoms with Gasteiger partial charge in [-0.25, -0.2) is 9.97 Å². The second-order valence-corrected chi connectivity index (χ2v) is 3.56. The lowest BCUT2D eigenvalue weighted by atomic mass is 10.4. The third-order valence-electron chi connectivity index (χ3n) is 2.08. The SMILES string of the molecule is O=[N+](CO)c1cnc(C2CC2)nc1Cl. The Balaban J connectivity index is 2.30. The molecule has 0 saturated heterocycles. The molecule has 0 bridgehead atoms. The second kappa shape index (κ2) is 3.59. The molecule has 74 valence electrons. The maximum absolute atomic E-state index is 11.0. The van der Waals surface area contributed by atoms with E-state index in [0.29, 0.717) is 16.5 Å². The first-order valence-corrected chi connectivity index (χ1v) is 4.68. The number of aliphatic hydroxyl groups excluding tert-OH is 1. The van der Waals surface area contributed by atoms with Crippen LogP contribution in [0.2, 0.25) is 5.15 Å². The normalized spacial score (nSPS) is 15.6. The minimum absolute atomic E-state index is 0.103. The molecule has 1 saturated carbocycles. The zero-order valence-electron chi connectivity index (χ0n) is 7.35. The van der Waals surface area contributed by atoms with Crippen LogP contribution in [0.1, 0.15) is 24.6 Å². The van der Waals surface area contributed by atoms with Crippen LogP contribution in [0, 0.1) is 4.91 Å². The van der Waals surface area contributed by atoms with E-state index in [9.17, 15) is 4.91 Å². The van der Waals surface area contributed by atoms with Crippen molar-refractivity contribution < 1.29 is 9.87 Å². The van der Waals surface area contributed by atoms with Gasteiger partial charge in [-0.2, -0.15) is 0 Å². The van der Waals surface area contributed by atoms with E-state index in [-0.39, 0.29) is 10.8 Å². The smallest absolute Gasteiger partial charge is 0.314 e. The Morgan fingerprint density at radius 1 is 1.64 bits per heavy atom. The van der Waals surface area contributed by atoms with Gasteiger partial charge in [-0.1, -0.05) is 11.6 Å². The van der Waals surface area contributed by atoms with Gasteiger partial charge in [0.25, 0.3) is 6.73 Å². The Morgan fingerprint density at radius 3 is 2.86 bits per heavy atom. The fraction of sp³-hybridized carbons (Fsp3) is 0.500. The molecule has 1 aliphatic carbocycles. The fourth-order valence-electron chi connectivity index (χ4n) is 1.15. The molecule has 0 spiro atoms. The minimum atomic E-state index is -0.647. The highest BCUT2D eigenvalue weighted by atomic mass is 35.5. The first kappa shape index (κ1) is 9.48. The molecule has 2 rings (SSSR count). The number of aromatic nitrogens is 2. The van der Waals surface area contributed by atoms with Crippen molar-refractivity contribution in [1.29, 1.82) is 0 Å². The van der Waals surface area contributed by atoms with Gasteiger partial charge < -0.3 is 5.11 Å². The first-order valence-electron chi connectivity index (χ1n) is 4.30. The van der Waals surface area contributed by atoms with Crippen LogP contribution in [0.3, 0.4) is 0 Å². The van der Waals surface area contributed by atoms with Crippen molar-refractivity contribution in [3.63, 3.8) is 0 Å². The van der Waals surface area contributed by atoms with Gasteiger partial charge in [0.05, 0.1) is 4.76 Å². The molecular weight excluding hydrogens is 206 g/mol. The number of aliphatic hydroxyl groups is 1. The lowest BCUT2D eigenvalue weighted by molar-refractivity contribution is -0.505. The topological polar surface area (TPSA) is 66.1 Å². The Hall–Kier alpha value is -1.07. The minimum Gasteiger partial charge on any atom is -0.336 e. The molecular formula is C8H9ClN3O2+. The molecule has 0 aliphatic heterocycles. The Bertz CT molecular complexity index is 379. The molecule has 5 nitrogen and oxygen atoms in total. The van der Waals surface area contributed by atoms with Crippen molar-refractivity contribution >= 4 is 17.3 Å². The molecule has 0 unspecified atom stereocenters. The summed E-state index contributed by atoms with van der Waals surface area (Å²) in [5.74, 6) is 1.08. The highest BCUT2D eigenvalue weighted by Gasteiger charge is 2.29. The van der Waals surface area contributed by atoms with Crippen molar-refractivity contribution in [2.45, 2.75) is 18.8 Å². The largest absolute Gasteiger partial charge is 0.336 e. The lowest BCUT2D eigenvalue weighted by Gasteiger charge is -1.96. The predicted octanol–water partition coefficient (Wildman–Crippen LogP) is 1.37. The quantitative estimate of drug-likeness (QED) is 0.469. The van der Waals surface area contributed by atoms with E-state index >= 15 is 0 Å². The lowest BCUT2D eigenvalue weighted by Crippen LogP contribution is -2.05. The monoisotopic (exact) mass is 214 g/mol.